The maximum atomic E-state index is 10.4. The van der Waals surface area contributed by atoms with Gasteiger partial charge in [-0.2, -0.15) is 0 Å². The van der Waals surface area contributed by atoms with E-state index in [1.807, 2.05) is 30.3 Å². The largest absolute Gasteiger partial charge is 0.478 e. The third-order valence-electron chi connectivity index (χ3n) is 1.45. The zero-order valence-corrected chi connectivity index (χ0v) is 8.04. The molecule has 0 bridgehead atoms. The maximum Gasteiger partial charge on any atom is 0.331 e. The normalized spacial score (nSPS) is 11.3. The minimum absolute atomic E-state index is 0.355. The molecule has 0 aliphatic rings. The van der Waals surface area contributed by atoms with Gasteiger partial charge in [-0.15, -0.1) is 0 Å². The van der Waals surface area contributed by atoms with Crippen LogP contribution >= 0.6 is 11.8 Å². The molecule has 3 heteroatoms. The molecule has 0 saturated carbocycles. The van der Waals surface area contributed by atoms with Crippen molar-refractivity contribution < 1.29 is 9.90 Å². The molecule has 0 aromatic heterocycles. The van der Waals surface area contributed by atoms with Gasteiger partial charge in [-0.25, -0.2) is 4.79 Å². The Morgan fingerprint density at radius 2 is 2.00 bits per heavy atom. The molecule has 13 heavy (non-hydrogen) atoms. The second kappa shape index (κ2) is 4.72. The predicted molar refractivity (Wildman–Crippen MR) is 53.7 cm³/mol. The summed E-state index contributed by atoms with van der Waals surface area (Å²) < 4.78 is 0. The lowest BCUT2D eigenvalue weighted by Crippen LogP contribution is -1.94. The van der Waals surface area contributed by atoms with Crippen molar-refractivity contribution in [2.24, 2.45) is 0 Å². The average molecular weight is 194 g/mol. The fourth-order valence-corrected chi connectivity index (χ4v) is 1.43. The fourth-order valence-electron chi connectivity index (χ4n) is 0.706. The van der Waals surface area contributed by atoms with Crippen LogP contribution in [0.4, 0.5) is 0 Å². The summed E-state index contributed by atoms with van der Waals surface area (Å²) in [5.41, 5.74) is 0.355. The highest BCUT2D eigenvalue weighted by Crippen LogP contribution is 2.19. The van der Waals surface area contributed by atoms with Gasteiger partial charge in [-0.05, 0) is 24.5 Å². The Bertz CT molecular complexity index is 317. The zero-order chi connectivity index (χ0) is 9.68. The summed E-state index contributed by atoms with van der Waals surface area (Å²) in [7, 11) is 0. The molecule has 0 heterocycles. The van der Waals surface area contributed by atoms with Gasteiger partial charge in [-0.3, -0.25) is 0 Å². The van der Waals surface area contributed by atoms with E-state index in [1.165, 1.54) is 11.8 Å². The second-order valence-electron chi connectivity index (χ2n) is 2.54. The van der Waals surface area contributed by atoms with Crippen molar-refractivity contribution in [3.63, 3.8) is 0 Å². The van der Waals surface area contributed by atoms with Crippen molar-refractivity contribution in [2.45, 2.75) is 11.8 Å². The summed E-state index contributed by atoms with van der Waals surface area (Å²) in [6.07, 6.45) is 0. The van der Waals surface area contributed by atoms with Gasteiger partial charge in [0.1, 0.15) is 0 Å². The van der Waals surface area contributed by atoms with Crippen LogP contribution in [0.5, 0.6) is 0 Å². The van der Waals surface area contributed by atoms with Gasteiger partial charge in [0.25, 0.3) is 0 Å². The van der Waals surface area contributed by atoms with Crippen LogP contribution in [-0.4, -0.2) is 11.1 Å². The standard InChI is InChI=1S/C10H10O2S/c1-8(10(11)12)7-13-9-5-3-2-4-6-9/h2-7H,1H3,(H,11,12). The monoisotopic (exact) mass is 194 g/mol. The molecule has 0 aliphatic heterocycles. The van der Waals surface area contributed by atoms with E-state index in [4.69, 9.17) is 5.11 Å². The first-order valence-electron chi connectivity index (χ1n) is 3.82. The summed E-state index contributed by atoms with van der Waals surface area (Å²) in [6.45, 7) is 1.58. The van der Waals surface area contributed by atoms with Crippen LogP contribution in [-0.2, 0) is 4.79 Å². The van der Waals surface area contributed by atoms with Gasteiger partial charge in [0, 0.05) is 10.5 Å². The SMILES string of the molecule is CC(=CSc1ccccc1)C(=O)O. The van der Waals surface area contributed by atoms with Gasteiger partial charge in [0.05, 0.1) is 0 Å². The van der Waals surface area contributed by atoms with Crippen LogP contribution in [0.3, 0.4) is 0 Å². The highest BCUT2D eigenvalue weighted by Gasteiger charge is 1.98. The van der Waals surface area contributed by atoms with Crippen molar-refractivity contribution in [1.29, 1.82) is 0 Å². The third-order valence-corrected chi connectivity index (χ3v) is 2.47. The molecule has 1 rings (SSSR count). The van der Waals surface area contributed by atoms with Crippen LogP contribution in [0.25, 0.3) is 0 Å². The molecule has 0 aliphatic carbocycles. The Morgan fingerprint density at radius 3 is 2.54 bits per heavy atom. The first-order valence-corrected chi connectivity index (χ1v) is 4.70. The number of carboxylic acids is 1. The van der Waals surface area contributed by atoms with Crippen LogP contribution in [0, 0.1) is 0 Å². The highest BCUT2D eigenvalue weighted by atomic mass is 32.2. The minimum atomic E-state index is -0.872. The summed E-state index contributed by atoms with van der Waals surface area (Å²) in [4.78, 5) is 11.5. The first-order chi connectivity index (χ1) is 6.20. The zero-order valence-electron chi connectivity index (χ0n) is 7.23. The van der Waals surface area contributed by atoms with Crippen LogP contribution in [0.1, 0.15) is 6.92 Å². The molecule has 1 aromatic rings. The predicted octanol–water partition coefficient (Wildman–Crippen LogP) is 2.77. The van der Waals surface area contributed by atoms with E-state index in [0.717, 1.165) is 4.90 Å². The summed E-state index contributed by atoms with van der Waals surface area (Å²) in [5.74, 6) is -0.872. The van der Waals surface area contributed by atoms with E-state index >= 15 is 0 Å². The Morgan fingerprint density at radius 1 is 1.38 bits per heavy atom. The number of carboxylic acid groups (broad SMARTS) is 1. The number of thioether (sulfide) groups is 1. The summed E-state index contributed by atoms with van der Waals surface area (Å²) in [5, 5.41) is 10.2. The molecule has 0 fully saturated rings. The minimum Gasteiger partial charge on any atom is -0.478 e. The second-order valence-corrected chi connectivity index (χ2v) is 3.48. The molecule has 1 aromatic carbocycles. The molecule has 0 amide bonds. The fraction of sp³-hybridized carbons (Fsp3) is 0.100. The quantitative estimate of drug-likeness (QED) is 0.594. The van der Waals surface area contributed by atoms with Gasteiger partial charge in [0.2, 0.25) is 0 Å². The number of carbonyl (C=O) groups is 1. The third kappa shape index (κ3) is 3.34. The Balaban J connectivity index is 2.62. The number of rotatable bonds is 3. The lowest BCUT2D eigenvalue weighted by molar-refractivity contribution is -0.132. The lowest BCUT2D eigenvalue weighted by Gasteiger charge is -1.95. The van der Waals surface area contributed by atoms with E-state index in [9.17, 15) is 4.79 Å². The van der Waals surface area contributed by atoms with Crippen molar-refractivity contribution in [3.8, 4) is 0 Å². The van der Waals surface area contributed by atoms with E-state index in [0.29, 0.717) is 5.57 Å². The molecule has 68 valence electrons. The summed E-state index contributed by atoms with van der Waals surface area (Å²) >= 11 is 1.41. The number of aliphatic carboxylic acids is 1. The van der Waals surface area contributed by atoms with Crippen LogP contribution in [0.15, 0.2) is 46.2 Å². The maximum absolute atomic E-state index is 10.4. The molecule has 0 atom stereocenters. The number of benzene rings is 1. The van der Waals surface area contributed by atoms with E-state index in [2.05, 4.69) is 0 Å². The molecule has 1 N–H and O–H groups in total. The molecular weight excluding hydrogens is 184 g/mol. The lowest BCUT2D eigenvalue weighted by atomic mass is 10.4. The number of hydrogen-bond donors (Lipinski definition) is 1. The van der Waals surface area contributed by atoms with Crippen molar-refractivity contribution in [3.05, 3.63) is 41.3 Å². The molecule has 0 spiro atoms. The van der Waals surface area contributed by atoms with E-state index < -0.39 is 5.97 Å². The molecule has 2 nitrogen and oxygen atoms in total. The van der Waals surface area contributed by atoms with Crippen molar-refractivity contribution in [2.75, 3.05) is 0 Å². The highest BCUT2D eigenvalue weighted by molar-refractivity contribution is 8.02. The smallest absolute Gasteiger partial charge is 0.331 e. The average Bonchev–Trinajstić information content (AvgIpc) is 2.15. The van der Waals surface area contributed by atoms with Crippen LogP contribution < -0.4 is 0 Å². The molecule has 0 unspecified atom stereocenters. The Kier molecular flexibility index (Phi) is 3.58. The molecule has 0 radical (unpaired) electrons. The Labute approximate surface area is 81.3 Å². The van der Waals surface area contributed by atoms with Gasteiger partial charge in [-0.1, -0.05) is 30.0 Å². The van der Waals surface area contributed by atoms with Crippen molar-refractivity contribution in [1.82, 2.24) is 0 Å². The van der Waals surface area contributed by atoms with Crippen molar-refractivity contribution >= 4 is 17.7 Å². The molecular formula is C10H10O2S. The number of hydrogen-bond acceptors (Lipinski definition) is 2. The molecule has 0 saturated heterocycles. The van der Waals surface area contributed by atoms with Crippen LogP contribution in [0.2, 0.25) is 0 Å². The van der Waals surface area contributed by atoms with Gasteiger partial charge in [0.15, 0.2) is 0 Å². The first kappa shape index (κ1) is 9.86. The summed E-state index contributed by atoms with van der Waals surface area (Å²) in [6, 6.07) is 9.66. The van der Waals surface area contributed by atoms with E-state index in [1.54, 1.807) is 12.3 Å². The topological polar surface area (TPSA) is 37.3 Å². The van der Waals surface area contributed by atoms with Gasteiger partial charge < -0.3 is 5.11 Å². The van der Waals surface area contributed by atoms with Gasteiger partial charge >= 0.3 is 5.97 Å². The Hall–Kier alpha value is -1.22. The van der Waals surface area contributed by atoms with E-state index in [-0.39, 0.29) is 0 Å².